The Hall–Kier alpha value is -2.50. The Morgan fingerprint density at radius 3 is 2.92 bits per heavy atom. The number of likely N-dealkylation sites (tertiary alicyclic amines) is 1. The van der Waals surface area contributed by atoms with Crippen molar-refractivity contribution in [1.29, 1.82) is 0 Å². The molecular weight excluding hydrogens is 312 g/mol. The van der Waals surface area contributed by atoms with Crippen LogP contribution in [0.2, 0.25) is 0 Å². The van der Waals surface area contributed by atoms with Gasteiger partial charge in [0.25, 0.3) is 0 Å². The Morgan fingerprint density at radius 2 is 2.17 bits per heavy atom. The smallest absolute Gasteiger partial charge is 0.246 e. The summed E-state index contributed by atoms with van der Waals surface area (Å²) >= 11 is 0. The second-order valence-corrected chi connectivity index (χ2v) is 6.04. The monoisotopic (exact) mass is 331 g/mol. The fourth-order valence-electron chi connectivity index (χ4n) is 2.98. The summed E-state index contributed by atoms with van der Waals surface area (Å²) in [6.07, 6.45) is 6.41. The lowest BCUT2D eigenvalue weighted by Gasteiger charge is -2.31. The van der Waals surface area contributed by atoms with Gasteiger partial charge in [-0.05, 0) is 43.2 Å². The van der Waals surface area contributed by atoms with Crippen molar-refractivity contribution in [3.63, 3.8) is 0 Å². The first-order chi connectivity index (χ1) is 11.5. The maximum atomic E-state index is 13.6. The molecule has 1 aliphatic heterocycles. The van der Waals surface area contributed by atoms with Gasteiger partial charge >= 0.3 is 0 Å². The van der Waals surface area contributed by atoms with Crippen molar-refractivity contribution in [2.24, 2.45) is 7.05 Å². The molecule has 0 radical (unpaired) electrons. The van der Waals surface area contributed by atoms with Crippen LogP contribution in [0.1, 0.15) is 30.0 Å². The zero-order valence-corrected chi connectivity index (χ0v) is 13.5. The van der Waals surface area contributed by atoms with Crippen LogP contribution in [0.3, 0.4) is 0 Å². The van der Waals surface area contributed by atoms with E-state index in [-0.39, 0.29) is 17.4 Å². The molecule has 6 heteroatoms. The Labute approximate surface area is 139 Å². The van der Waals surface area contributed by atoms with Gasteiger partial charge < -0.3 is 4.90 Å². The van der Waals surface area contributed by atoms with E-state index < -0.39 is 11.6 Å². The average molecular weight is 331 g/mol. The molecule has 1 aliphatic rings. The SMILES string of the molecule is Cn1ccc(C2CCCN(C(=O)/C=C/c3cc(F)ccc3F)C2)n1. The molecule has 126 valence electrons. The van der Waals surface area contributed by atoms with E-state index in [2.05, 4.69) is 5.10 Å². The number of hydrogen-bond acceptors (Lipinski definition) is 2. The van der Waals surface area contributed by atoms with E-state index in [4.69, 9.17) is 0 Å². The molecule has 0 saturated carbocycles. The van der Waals surface area contributed by atoms with Crippen molar-refractivity contribution < 1.29 is 13.6 Å². The molecule has 0 spiro atoms. The van der Waals surface area contributed by atoms with Crippen LogP contribution in [0.25, 0.3) is 6.08 Å². The van der Waals surface area contributed by atoms with Crippen molar-refractivity contribution in [3.05, 3.63) is 59.4 Å². The third-order valence-corrected chi connectivity index (χ3v) is 4.25. The summed E-state index contributed by atoms with van der Waals surface area (Å²) in [7, 11) is 1.87. The van der Waals surface area contributed by atoms with Gasteiger partial charge in [-0.15, -0.1) is 0 Å². The molecule has 1 amide bonds. The maximum absolute atomic E-state index is 13.6. The van der Waals surface area contributed by atoms with Crippen LogP contribution in [-0.4, -0.2) is 33.7 Å². The summed E-state index contributed by atoms with van der Waals surface area (Å²) < 4.78 is 28.5. The van der Waals surface area contributed by atoms with Crippen molar-refractivity contribution in [2.45, 2.75) is 18.8 Å². The van der Waals surface area contributed by atoms with Gasteiger partial charge in [0.1, 0.15) is 11.6 Å². The number of carbonyl (C=O) groups excluding carboxylic acids is 1. The number of carbonyl (C=O) groups is 1. The van der Waals surface area contributed by atoms with E-state index >= 15 is 0 Å². The predicted octanol–water partition coefficient (Wildman–Crippen LogP) is 3.12. The second kappa shape index (κ2) is 6.95. The normalized spacial score (nSPS) is 18.3. The standard InChI is InChI=1S/C18H19F2N3O/c1-22-10-8-17(21-22)14-3-2-9-23(12-14)18(24)7-4-13-11-15(19)5-6-16(13)20/h4-8,10-11,14H,2-3,9,12H2,1H3/b7-4+. The largest absolute Gasteiger partial charge is 0.338 e. The Morgan fingerprint density at radius 1 is 1.33 bits per heavy atom. The fourth-order valence-corrected chi connectivity index (χ4v) is 2.98. The minimum atomic E-state index is -0.551. The topological polar surface area (TPSA) is 38.1 Å². The summed E-state index contributed by atoms with van der Waals surface area (Å²) in [5.41, 5.74) is 1.05. The number of aryl methyl sites for hydroxylation is 1. The second-order valence-electron chi connectivity index (χ2n) is 6.04. The van der Waals surface area contributed by atoms with Crippen molar-refractivity contribution in [3.8, 4) is 0 Å². The van der Waals surface area contributed by atoms with E-state index in [1.807, 2.05) is 19.3 Å². The van der Waals surface area contributed by atoms with E-state index in [0.717, 1.165) is 36.7 Å². The predicted molar refractivity (Wildman–Crippen MR) is 87.2 cm³/mol. The Bertz CT molecular complexity index is 769. The van der Waals surface area contributed by atoms with E-state index in [9.17, 15) is 13.6 Å². The molecule has 0 bridgehead atoms. The van der Waals surface area contributed by atoms with Gasteiger partial charge in [0.2, 0.25) is 5.91 Å². The van der Waals surface area contributed by atoms with Crippen LogP contribution in [-0.2, 0) is 11.8 Å². The quantitative estimate of drug-likeness (QED) is 0.811. The molecule has 0 N–H and O–H groups in total. The van der Waals surface area contributed by atoms with Crippen LogP contribution >= 0.6 is 0 Å². The molecule has 1 fully saturated rings. The molecule has 4 nitrogen and oxygen atoms in total. The van der Waals surface area contributed by atoms with Crippen LogP contribution in [0.5, 0.6) is 0 Å². The first-order valence-corrected chi connectivity index (χ1v) is 7.94. The highest BCUT2D eigenvalue weighted by atomic mass is 19.1. The van der Waals surface area contributed by atoms with Gasteiger partial charge in [-0.1, -0.05) is 0 Å². The number of piperidine rings is 1. The molecule has 0 aliphatic carbocycles. The first-order valence-electron chi connectivity index (χ1n) is 7.94. The molecule has 2 heterocycles. The van der Waals surface area contributed by atoms with Crippen LogP contribution in [0, 0.1) is 11.6 Å². The highest BCUT2D eigenvalue weighted by Gasteiger charge is 2.25. The molecule has 1 aromatic heterocycles. The van der Waals surface area contributed by atoms with Gasteiger partial charge in [0.15, 0.2) is 0 Å². The number of benzene rings is 1. The van der Waals surface area contributed by atoms with Crippen molar-refractivity contribution >= 4 is 12.0 Å². The number of hydrogen-bond donors (Lipinski definition) is 0. The van der Waals surface area contributed by atoms with Crippen LogP contribution in [0.4, 0.5) is 8.78 Å². The number of nitrogens with zero attached hydrogens (tertiary/aromatic N) is 3. The number of aromatic nitrogens is 2. The summed E-state index contributed by atoms with van der Waals surface area (Å²) in [6.45, 7) is 1.25. The summed E-state index contributed by atoms with van der Waals surface area (Å²) in [5.74, 6) is -1.07. The summed E-state index contributed by atoms with van der Waals surface area (Å²) in [5, 5.41) is 4.41. The first kappa shape index (κ1) is 16.4. The summed E-state index contributed by atoms with van der Waals surface area (Å²) in [6, 6.07) is 5.15. The lowest BCUT2D eigenvalue weighted by molar-refractivity contribution is -0.127. The number of halogens is 2. The number of rotatable bonds is 3. The van der Waals surface area contributed by atoms with E-state index in [0.29, 0.717) is 13.1 Å². The highest BCUT2D eigenvalue weighted by Crippen LogP contribution is 2.25. The molecule has 1 saturated heterocycles. The van der Waals surface area contributed by atoms with Crippen LogP contribution < -0.4 is 0 Å². The van der Waals surface area contributed by atoms with E-state index in [1.165, 1.54) is 12.2 Å². The number of amides is 1. The van der Waals surface area contributed by atoms with Crippen LogP contribution in [0.15, 0.2) is 36.5 Å². The van der Waals surface area contributed by atoms with Crippen molar-refractivity contribution in [2.75, 3.05) is 13.1 Å². The van der Waals surface area contributed by atoms with Gasteiger partial charge in [-0.25, -0.2) is 8.78 Å². The minimum absolute atomic E-state index is 0.0710. The fraction of sp³-hybridized carbons (Fsp3) is 0.333. The minimum Gasteiger partial charge on any atom is -0.338 e. The molecule has 24 heavy (non-hydrogen) atoms. The molecule has 2 aromatic rings. The molecule has 1 atom stereocenters. The molecular formula is C18H19F2N3O. The third kappa shape index (κ3) is 3.69. The lowest BCUT2D eigenvalue weighted by atomic mass is 9.95. The maximum Gasteiger partial charge on any atom is 0.246 e. The molecule has 1 aromatic carbocycles. The molecule has 3 rings (SSSR count). The van der Waals surface area contributed by atoms with Gasteiger partial charge in [-0.2, -0.15) is 5.10 Å². The zero-order chi connectivity index (χ0) is 17.1. The average Bonchev–Trinajstić information content (AvgIpc) is 3.02. The third-order valence-electron chi connectivity index (χ3n) is 4.25. The zero-order valence-electron chi connectivity index (χ0n) is 13.5. The van der Waals surface area contributed by atoms with E-state index in [1.54, 1.807) is 9.58 Å². The van der Waals surface area contributed by atoms with Gasteiger partial charge in [-0.3, -0.25) is 9.48 Å². The Balaban J connectivity index is 1.68. The van der Waals surface area contributed by atoms with Crippen molar-refractivity contribution in [1.82, 2.24) is 14.7 Å². The highest BCUT2D eigenvalue weighted by molar-refractivity contribution is 5.91. The van der Waals surface area contributed by atoms with Gasteiger partial charge in [0, 0.05) is 43.9 Å². The molecule has 1 unspecified atom stereocenters. The van der Waals surface area contributed by atoms with Gasteiger partial charge in [0.05, 0.1) is 5.69 Å². The summed E-state index contributed by atoms with van der Waals surface area (Å²) in [4.78, 5) is 14.1. The lowest BCUT2D eigenvalue weighted by Crippen LogP contribution is -2.38. The Kier molecular flexibility index (Phi) is 4.74.